The molecule has 2 aliphatic rings. The highest BCUT2D eigenvalue weighted by Gasteiger charge is 2.59. The molecule has 0 heterocycles. The van der Waals surface area contributed by atoms with E-state index in [0.717, 1.165) is 54.7 Å². The van der Waals surface area contributed by atoms with Crippen molar-refractivity contribution in [1.82, 2.24) is 0 Å². The number of hydrogen-bond donors (Lipinski definition) is 0. The topological polar surface area (TPSA) is 44.8 Å². The minimum Gasteiger partial charge on any atom is -0.493 e. The van der Waals surface area contributed by atoms with Gasteiger partial charge in [-0.3, -0.25) is 4.79 Å². The van der Waals surface area contributed by atoms with Crippen molar-refractivity contribution in [1.29, 1.82) is 0 Å². The molecule has 2 aliphatic carbocycles. The molecule has 0 radical (unpaired) electrons. The summed E-state index contributed by atoms with van der Waals surface area (Å²) in [7, 11) is 4.88. The molecule has 1 saturated carbocycles. The van der Waals surface area contributed by atoms with Crippen molar-refractivity contribution in [3.8, 4) is 11.5 Å². The van der Waals surface area contributed by atoms with Crippen molar-refractivity contribution < 1.29 is 19.0 Å². The molecule has 0 N–H and O–H groups in total. The molecule has 1 fully saturated rings. The summed E-state index contributed by atoms with van der Waals surface area (Å²) in [6, 6.07) is 2.24. The zero-order chi connectivity index (χ0) is 20.0. The molecule has 0 saturated heterocycles. The maximum Gasteiger partial charge on any atom is 0.316 e. The molecule has 0 aromatic heterocycles. The van der Waals surface area contributed by atoms with Gasteiger partial charge >= 0.3 is 5.97 Å². The minimum atomic E-state index is -0.655. The summed E-state index contributed by atoms with van der Waals surface area (Å²) in [5, 5.41) is 0. The van der Waals surface area contributed by atoms with E-state index < -0.39 is 5.41 Å². The zero-order valence-corrected chi connectivity index (χ0v) is 17.9. The van der Waals surface area contributed by atoms with Crippen LogP contribution in [-0.2, 0) is 21.4 Å². The van der Waals surface area contributed by atoms with E-state index in [2.05, 4.69) is 33.8 Å². The van der Waals surface area contributed by atoms with Crippen LogP contribution in [0.2, 0.25) is 0 Å². The first-order chi connectivity index (χ1) is 12.7. The Balaban J connectivity index is 2.37. The number of carbonyl (C=O) groups is 1. The van der Waals surface area contributed by atoms with Crippen LogP contribution < -0.4 is 9.47 Å². The first-order valence-corrected chi connectivity index (χ1v) is 10.1. The lowest BCUT2D eigenvalue weighted by Crippen LogP contribution is -2.55. The smallest absolute Gasteiger partial charge is 0.316 e. The Labute approximate surface area is 163 Å². The molecule has 0 bridgehead atoms. The second-order valence-electron chi connectivity index (χ2n) is 9.12. The van der Waals surface area contributed by atoms with Gasteiger partial charge in [0, 0.05) is 11.1 Å². The average Bonchev–Trinajstić information content (AvgIpc) is 2.64. The predicted molar refractivity (Wildman–Crippen MR) is 107 cm³/mol. The first-order valence-electron chi connectivity index (χ1n) is 10.1. The van der Waals surface area contributed by atoms with Gasteiger partial charge in [-0.25, -0.2) is 0 Å². The van der Waals surface area contributed by atoms with Gasteiger partial charge in [-0.1, -0.05) is 40.2 Å². The lowest BCUT2D eigenvalue weighted by Gasteiger charge is -2.54. The highest BCUT2D eigenvalue weighted by atomic mass is 16.5. The molecule has 4 nitrogen and oxygen atoms in total. The molecule has 2 atom stereocenters. The maximum absolute atomic E-state index is 13.3. The lowest BCUT2D eigenvalue weighted by molar-refractivity contribution is -0.156. The van der Waals surface area contributed by atoms with Gasteiger partial charge in [-0.15, -0.1) is 0 Å². The molecule has 1 aromatic rings. The van der Waals surface area contributed by atoms with Gasteiger partial charge < -0.3 is 14.2 Å². The van der Waals surface area contributed by atoms with Gasteiger partial charge in [0.25, 0.3) is 0 Å². The van der Waals surface area contributed by atoms with E-state index in [1.54, 1.807) is 14.2 Å². The van der Waals surface area contributed by atoms with Crippen molar-refractivity contribution in [3.05, 3.63) is 22.8 Å². The highest BCUT2D eigenvalue weighted by molar-refractivity contribution is 5.87. The molecule has 27 heavy (non-hydrogen) atoms. The summed E-state index contributed by atoms with van der Waals surface area (Å²) in [5.74, 6) is 1.92. The predicted octanol–water partition coefficient (Wildman–Crippen LogP) is 5.01. The summed E-state index contributed by atoms with van der Waals surface area (Å²) in [6.07, 6.45) is 4.91. The van der Waals surface area contributed by atoms with Gasteiger partial charge in [-0.2, -0.15) is 0 Å². The molecule has 4 heteroatoms. The quantitative estimate of drug-likeness (QED) is 0.695. The summed E-state index contributed by atoms with van der Waals surface area (Å²) in [6.45, 7) is 8.92. The number of fused-ring (bicyclic) bond motifs is 3. The Hall–Kier alpha value is -1.71. The van der Waals surface area contributed by atoms with Gasteiger partial charge in [0.2, 0.25) is 0 Å². The molecule has 1 aromatic carbocycles. The Morgan fingerprint density at radius 1 is 1.11 bits per heavy atom. The number of benzene rings is 1. The summed E-state index contributed by atoms with van der Waals surface area (Å²) >= 11 is 0. The van der Waals surface area contributed by atoms with Crippen molar-refractivity contribution in [2.24, 2.45) is 11.3 Å². The van der Waals surface area contributed by atoms with Crippen LogP contribution in [0.15, 0.2) is 6.07 Å². The Kier molecular flexibility index (Phi) is 5.22. The Morgan fingerprint density at radius 2 is 1.78 bits per heavy atom. The van der Waals surface area contributed by atoms with E-state index >= 15 is 0 Å². The second kappa shape index (κ2) is 7.03. The van der Waals surface area contributed by atoms with Crippen LogP contribution in [0.5, 0.6) is 11.5 Å². The largest absolute Gasteiger partial charge is 0.493 e. The van der Waals surface area contributed by atoms with E-state index in [9.17, 15) is 4.79 Å². The van der Waals surface area contributed by atoms with Crippen LogP contribution in [0, 0.1) is 11.3 Å². The molecule has 0 amide bonds. The minimum absolute atomic E-state index is 0.0824. The monoisotopic (exact) mass is 374 g/mol. The van der Waals surface area contributed by atoms with Crippen LogP contribution in [0.1, 0.15) is 76.0 Å². The molecular weight excluding hydrogens is 340 g/mol. The fourth-order valence-corrected chi connectivity index (χ4v) is 5.84. The average molecular weight is 375 g/mol. The van der Waals surface area contributed by atoms with E-state index in [4.69, 9.17) is 14.2 Å². The molecular formula is C23H34O4. The van der Waals surface area contributed by atoms with Crippen molar-refractivity contribution >= 4 is 5.97 Å². The van der Waals surface area contributed by atoms with E-state index in [1.165, 1.54) is 12.7 Å². The highest BCUT2D eigenvalue weighted by Crippen LogP contribution is 2.61. The maximum atomic E-state index is 13.3. The van der Waals surface area contributed by atoms with Crippen LogP contribution in [-0.4, -0.2) is 27.3 Å². The Bertz CT molecular complexity index is 734. The fraction of sp³-hybridized carbons (Fsp3) is 0.696. The number of methoxy groups -OCH3 is 3. The normalized spacial score (nSPS) is 26.1. The van der Waals surface area contributed by atoms with Gasteiger partial charge in [-0.05, 0) is 48.5 Å². The van der Waals surface area contributed by atoms with Crippen LogP contribution in [0.25, 0.3) is 0 Å². The lowest BCUT2D eigenvalue weighted by atomic mass is 9.49. The Morgan fingerprint density at radius 3 is 2.33 bits per heavy atom. The van der Waals surface area contributed by atoms with Gasteiger partial charge in [0.15, 0.2) is 11.5 Å². The molecule has 3 rings (SSSR count). The number of esters is 1. The molecule has 150 valence electrons. The SMILES string of the molecule is COC(=O)[C@]12CCCC(C)(C)[C@H]1CCc1cc(C(C)C)c(OC)c(OC)c12. The molecule has 0 spiro atoms. The van der Waals surface area contributed by atoms with Crippen LogP contribution in [0.4, 0.5) is 0 Å². The summed E-state index contributed by atoms with van der Waals surface area (Å²) in [5.41, 5.74) is 2.80. The third-order valence-electron chi connectivity index (χ3n) is 7.01. The zero-order valence-electron chi connectivity index (χ0n) is 17.9. The third kappa shape index (κ3) is 2.83. The molecule has 0 unspecified atom stereocenters. The number of hydrogen-bond acceptors (Lipinski definition) is 4. The fourth-order valence-electron chi connectivity index (χ4n) is 5.84. The van der Waals surface area contributed by atoms with Crippen molar-refractivity contribution in [2.75, 3.05) is 21.3 Å². The van der Waals surface area contributed by atoms with Crippen LogP contribution in [0.3, 0.4) is 0 Å². The first kappa shape index (κ1) is 20.0. The van der Waals surface area contributed by atoms with Crippen molar-refractivity contribution in [2.45, 2.75) is 71.1 Å². The standard InChI is InChI=1S/C23H34O4/c1-14(2)16-13-15-9-10-17-22(3,4)11-8-12-23(17,21(24)27-7)18(15)20(26-6)19(16)25-5/h13-14,17H,8-12H2,1-7H3/t17-,23-/m1/s1. The van der Waals surface area contributed by atoms with Crippen LogP contribution >= 0.6 is 0 Å². The third-order valence-corrected chi connectivity index (χ3v) is 7.01. The number of aryl methyl sites for hydroxylation is 1. The summed E-state index contributed by atoms with van der Waals surface area (Å²) < 4.78 is 17.2. The molecule has 0 aliphatic heterocycles. The number of carbonyl (C=O) groups excluding carboxylic acids is 1. The van der Waals surface area contributed by atoms with Gasteiger partial charge in [0.1, 0.15) is 5.41 Å². The number of rotatable bonds is 4. The van der Waals surface area contributed by atoms with E-state index in [1.807, 2.05) is 0 Å². The van der Waals surface area contributed by atoms with E-state index in [0.29, 0.717) is 5.92 Å². The van der Waals surface area contributed by atoms with Crippen molar-refractivity contribution in [3.63, 3.8) is 0 Å². The number of ether oxygens (including phenoxy) is 3. The van der Waals surface area contributed by atoms with Gasteiger partial charge in [0.05, 0.1) is 21.3 Å². The van der Waals surface area contributed by atoms with E-state index in [-0.39, 0.29) is 17.3 Å². The summed E-state index contributed by atoms with van der Waals surface area (Å²) in [4.78, 5) is 13.3. The second-order valence-corrected chi connectivity index (χ2v) is 9.12.